The summed E-state index contributed by atoms with van der Waals surface area (Å²) < 4.78 is 47.7. The average Bonchev–Trinajstić information content (AvgIpc) is 3.35. The lowest BCUT2D eigenvalue weighted by Gasteiger charge is -2.07. The first-order chi connectivity index (χ1) is 15.2. The first kappa shape index (κ1) is 22.5. The van der Waals surface area contributed by atoms with Crippen LogP contribution in [0.3, 0.4) is 0 Å². The van der Waals surface area contributed by atoms with Gasteiger partial charge in [0.1, 0.15) is 5.75 Å². The second-order valence-electron chi connectivity index (χ2n) is 7.34. The number of nitrogens with zero attached hydrogens (tertiary/aromatic N) is 4. The summed E-state index contributed by atoms with van der Waals surface area (Å²) >= 11 is 11.9. The smallest absolute Gasteiger partial charge is 0.436 e. The standard InChI is InChI=1S/C20H18Cl2F3N5O2/c21-13-2-1-3-15(8-13)32-11-29-10-14(9-26-29)27-16(31)6-7-30-18(12-4-5-12)17(22)19(28-30)20(23,24)25/h1-3,8-10,12H,4-7,11H2,(H,27,31). The fraction of sp³-hybridized carbons (Fsp3) is 0.350. The number of hydrogen-bond donors (Lipinski definition) is 1. The Labute approximate surface area is 191 Å². The Hall–Kier alpha value is -2.72. The minimum absolute atomic E-state index is 0.0144. The number of aromatic nitrogens is 4. The lowest BCUT2D eigenvalue weighted by Crippen LogP contribution is -2.16. The maximum Gasteiger partial charge on any atom is 0.436 e. The molecule has 2 aromatic heterocycles. The molecule has 1 amide bonds. The summed E-state index contributed by atoms with van der Waals surface area (Å²) in [4.78, 5) is 12.3. The van der Waals surface area contributed by atoms with Gasteiger partial charge in [0.15, 0.2) is 12.4 Å². The van der Waals surface area contributed by atoms with Crippen LogP contribution >= 0.6 is 23.2 Å². The number of alkyl halides is 3. The van der Waals surface area contributed by atoms with E-state index in [2.05, 4.69) is 15.5 Å². The molecule has 0 bridgehead atoms. The minimum Gasteiger partial charge on any atom is -0.471 e. The summed E-state index contributed by atoms with van der Waals surface area (Å²) in [7, 11) is 0. The monoisotopic (exact) mass is 487 g/mol. The highest BCUT2D eigenvalue weighted by Gasteiger charge is 2.42. The lowest BCUT2D eigenvalue weighted by molar-refractivity contribution is -0.141. The molecule has 0 spiro atoms. The van der Waals surface area contributed by atoms with Gasteiger partial charge in [-0.05, 0) is 31.0 Å². The molecule has 4 rings (SSSR count). The Morgan fingerprint density at radius 2 is 2.06 bits per heavy atom. The van der Waals surface area contributed by atoms with Crippen molar-refractivity contribution in [2.75, 3.05) is 5.32 Å². The Kier molecular flexibility index (Phi) is 6.34. The Morgan fingerprint density at radius 3 is 2.75 bits per heavy atom. The van der Waals surface area contributed by atoms with Gasteiger partial charge in [-0.2, -0.15) is 23.4 Å². The van der Waals surface area contributed by atoms with Crippen molar-refractivity contribution in [3.63, 3.8) is 0 Å². The van der Waals surface area contributed by atoms with Crippen LogP contribution in [-0.4, -0.2) is 25.5 Å². The Balaban J connectivity index is 1.33. The second-order valence-corrected chi connectivity index (χ2v) is 8.15. The van der Waals surface area contributed by atoms with Gasteiger partial charge in [0, 0.05) is 17.4 Å². The second kappa shape index (κ2) is 9.03. The number of hydrogen-bond acceptors (Lipinski definition) is 4. The topological polar surface area (TPSA) is 74.0 Å². The van der Waals surface area contributed by atoms with Gasteiger partial charge < -0.3 is 10.1 Å². The molecule has 0 atom stereocenters. The summed E-state index contributed by atoms with van der Waals surface area (Å²) in [6, 6.07) is 6.89. The van der Waals surface area contributed by atoms with Crippen LogP contribution in [0.15, 0.2) is 36.7 Å². The largest absolute Gasteiger partial charge is 0.471 e. The molecule has 1 aromatic carbocycles. The number of rotatable bonds is 8. The van der Waals surface area contributed by atoms with Gasteiger partial charge in [-0.3, -0.25) is 9.48 Å². The summed E-state index contributed by atoms with van der Waals surface area (Å²) in [5.74, 6) is 0.135. The number of anilines is 1. The van der Waals surface area contributed by atoms with Crippen LogP contribution in [0.25, 0.3) is 0 Å². The zero-order valence-electron chi connectivity index (χ0n) is 16.6. The maximum atomic E-state index is 13.1. The molecule has 1 aliphatic carbocycles. The molecule has 3 aromatic rings. The number of aryl methyl sites for hydroxylation is 1. The fourth-order valence-electron chi connectivity index (χ4n) is 3.18. The molecular formula is C20H18Cl2F3N5O2. The molecule has 1 fully saturated rings. The highest BCUT2D eigenvalue weighted by Crippen LogP contribution is 2.46. The number of halogens is 5. The van der Waals surface area contributed by atoms with Crippen LogP contribution in [0.4, 0.5) is 18.9 Å². The first-order valence-corrected chi connectivity index (χ1v) is 10.5. The van der Waals surface area contributed by atoms with Crippen molar-refractivity contribution >= 4 is 34.8 Å². The van der Waals surface area contributed by atoms with Gasteiger partial charge in [0.05, 0.1) is 35.3 Å². The number of carbonyl (C=O) groups excluding carboxylic acids is 1. The molecule has 0 aliphatic heterocycles. The highest BCUT2D eigenvalue weighted by molar-refractivity contribution is 6.32. The SMILES string of the molecule is O=C(CCn1nc(C(F)(F)F)c(Cl)c1C1CC1)Nc1cnn(COc2cccc(Cl)c2)c1. The summed E-state index contributed by atoms with van der Waals surface area (Å²) in [6.07, 6.45) is -0.183. The quantitative estimate of drug-likeness (QED) is 0.464. The van der Waals surface area contributed by atoms with Gasteiger partial charge in [-0.15, -0.1) is 0 Å². The van der Waals surface area contributed by atoms with E-state index >= 15 is 0 Å². The summed E-state index contributed by atoms with van der Waals surface area (Å²) in [6.45, 7) is 0.0897. The van der Waals surface area contributed by atoms with Gasteiger partial charge in [-0.1, -0.05) is 29.3 Å². The van der Waals surface area contributed by atoms with Crippen LogP contribution in [0.2, 0.25) is 10.0 Å². The number of ether oxygens (including phenoxy) is 1. The fourth-order valence-corrected chi connectivity index (χ4v) is 3.76. The van der Waals surface area contributed by atoms with E-state index in [0.717, 1.165) is 12.8 Å². The van der Waals surface area contributed by atoms with E-state index in [-0.39, 0.29) is 36.5 Å². The van der Waals surface area contributed by atoms with Crippen molar-refractivity contribution in [2.45, 2.75) is 44.6 Å². The van der Waals surface area contributed by atoms with E-state index in [4.69, 9.17) is 27.9 Å². The third-order valence-electron chi connectivity index (χ3n) is 4.79. The molecule has 7 nitrogen and oxygen atoms in total. The molecule has 12 heteroatoms. The zero-order valence-corrected chi connectivity index (χ0v) is 18.1. The third-order valence-corrected chi connectivity index (χ3v) is 5.40. The number of benzene rings is 1. The maximum absolute atomic E-state index is 13.1. The van der Waals surface area contributed by atoms with E-state index < -0.39 is 11.9 Å². The molecule has 2 heterocycles. The molecule has 1 saturated carbocycles. The molecule has 170 valence electrons. The van der Waals surface area contributed by atoms with E-state index in [0.29, 0.717) is 22.2 Å². The van der Waals surface area contributed by atoms with Gasteiger partial charge in [0.25, 0.3) is 0 Å². The highest BCUT2D eigenvalue weighted by atomic mass is 35.5. The lowest BCUT2D eigenvalue weighted by atomic mass is 10.2. The van der Waals surface area contributed by atoms with E-state index in [1.54, 1.807) is 30.5 Å². The third kappa shape index (κ3) is 5.36. The predicted molar refractivity (Wildman–Crippen MR) is 112 cm³/mol. The summed E-state index contributed by atoms with van der Waals surface area (Å²) in [5, 5.41) is 10.5. The first-order valence-electron chi connectivity index (χ1n) is 9.75. The van der Waals surface area contributed by atoms with Crippen molar-refractivity contribution < 1.29 is 22.7 Å². The van der Waals surface area contributed by atoms with Crippen molar-refractivity contribution in [3.8, 4) is 5.75 Å². The molecular weight excluding hydrogens is 470 g/mol. The van der Waals surface area contributed by atoms with Gasteiger partial charge >= 0.3 is 6.18 Å². The van der Waals surface area contributed by atoms with Crippen molar-refractivity contribution in [3.05, 3.63) is 58.1 Å². The van der Waals surface area contributed by atoms with Crippen molar-refractivity contribution in [1.82, 2.24) is 19.6 Å². The number of carbonyl (C=O) groups is 1. The minimum atomic E-state index is -4.64. The molecule has 1 N–H and O–H groups in total. The van der Waals surface area contributed by atoms with E-state index in [1.165, 1.54) is 15.6 Å². The van der Waals surface area contributed by atoms with Crippen LogP contribution in [0, 0.1) is 0 Å². The predicted octanol–water partition coefficient (Wildman–Crippen LogP) is 5.35. The Morgan fingerprint density at radius 1 is 1.28 bits per heavy atom. The zero-order chi connectivity index (χ0) is 22.9. The van der Waals surface area contributed by atoms with Gasteiger partial charge in [-0.25, -0.2) is 4.68 Å². The van der Waals surface area contributed by atoms with Crippen LogP contribution in [0.1, 0.15) is 36.6 Å². The Bertz CT molecular complexity index is 1120. The van der Waals surface area contributed by atoms with E-state index in [1.807, 2.05) is 0 Å². The summed E-state index contributed by atoms with van der Waals surface area (Å²) in [5.41, 5.74) is -0.332. The molecule has 0 radical (unpaired) electrons. The van der Waals surface area contributed by atoms with Crippen LogP contribution < -0.4 is 10.1 Å². The number of amides is 1. The number of nitrogens with one attached hydrogen (secondary N) is 1. The normalized spacial score (nSPS) is 13.9. The van der Waals surface area contributed by atoms with Crippen LogP contribution in [0.5, 0.6) is 5.75 Å². The van der Waals surface area contributed by atoms with Crippen molar-refractivity contribution in [2.24, 2.45) is 0 Å². The molecule has 0 saturated heterocycles. The molecule has 0 unspecified atom stereocenters. The average molecular weight is 488 g/mol. The van der Waals surface area contributed by atoms with E-state index in [9.17, 15) is 18.0 Å². The molecule has 32 heavy (non-hydrogen) atoms. The van der Waals surface area contributed by atoms with Crippen LogP contribution in [-0.2, 0) is 24.2 Å². The van der Waals surface area contributed by atoms with Crippen molar-refractivity contribution in [1.29, 1.82) is 0 Å². The van der Waals surface area contributed by atoms with Gasteiger partial charge in [0.2, 0.25) is 5.91 Å². The molecule has 1 aliphatic rings.